The number of nitrogen functional groups attached to an aromatic ring is 1. The van der Waals surface area contributed by atoms with Crippen molar-refractivity contribution in [1.29, 1.82) is 0 Å². The van der Waals surface area contributed by atoms with Crippen LogP contribution in [0, 0.1) is 0 Å². The molecule has 0 saturated heterocycles. The first-order valence-corrected chi connectivity index (χ1v) is 6.56. The number of carboxylic acids is 2. The average Bonchev–Trinajstić information content (AvgIpc) is 2.52. The van der Waals surface area contributed by atoms with Crippen molar-refractivity contribution < 1.29 is 29.3 Å². The van der Waals surface area contributed by atoms with Crippen LogP contribution in [0.2, 0.25) is 0 Å². The smallest absolute Gasteiger partial charge is 0.342 e. The number of carbonyl (C=O) groups is 2. The number of methoxy groups -OCH3 is 2. The highest BCUT2D eigenvalue weighted by molar-refractivity contribution is 6.08. The van der Waals surface area contributed by atoms with Crippen LogP contribution in [0.15, 0.2) is 23.0 Å². The van der Waals surface area contributed by atoms with Crippen molar-refractivity contribution >= 4 is 17.8 Å². The lowest BCUT2D eigenvalue weighted by Gasteiger charge is -2.15. The Balaban J connectivity index is 2.99. The number of aromatic amines is 1. The topological polar surface area (TPSA) is 152 Å². The molecule has 0 saturated carbocycles. The molecule has 2 aromatic rings. The van der Waals surface area contributed by atoms with Gasteiger partial charge in [-0.1, -0.05) is 0 Å². The largest absolute Gasteiger partial charge is 0.497 e. The highest BCUT2D eigenvalue weighted by atomic mass is 16.5. The van der Waals surface area contributed by atoms with Gasteiger partial charge < -0.3 is 30.4 Å². The molecule has 5 N–H and O–H groups in total. The third kappa shape index (κ3) is 2.74. The van der Waals surface area contributed by atoms with Gasteiger partial charge in [-0.3, -0.25) is 4.79 Å². The Morgan fingerprint density at radius 1 is 1.08 bits per heavy atom. The predicted molar refractivity (Wildman–Crippen MR) is 83.9 cm³/mol. The molecule has 0 aliphatic heterocycles. The number of benzene rings is 1. The maximum absolute atomic E-state index is 12.0. The number of aromatic carboxylic acids is 2. The summed E-state index contributed by atoms with van der Waals surface area (Å²) < 4.78 is 10.2. The van der Waals surface area contributed by atoms with Crippen molar-refractivity contribution in [2.24, 2.45) is 0 Å². The second-order valence-corrected chi connectivity index (χ2v) is 4.67. The average molecular weight is 334 g/mol. The van der Waals surface area contributed by atoms with E-state index in [1.807, 2.05) is 4.98 Å². The Bertz CT molecular complexity index is 886. The van der Waals surface area contributed by atoms with Gasteiger partial charge in [-0.2, -0.15) is 0 Å². The fourth-order valence-electron chi connectivity index (χ4n) is 2.32. The van der Waals surface area contributed by atoms with Gasteiger partial charge in [0.05, 0.1) is 14.2 Å². The maximum atomic E-state index is 12.0. The number of aromatic nitrogens is 1. The van der Waals surface area contributed by atoms with E-state index in [9.17, 15) is 24.6 Å². The molecule has 0 atom stereocenters. The number of H-pyrrole nitrogens is 1. The molecule has 0 aliphatic rings. The van der Waals surface area contributed by atoms with Gasteiger partial charge >= 0.3 is 11.9 Å². The van der Waals surface area contributed by atoms with Crippen LogP contribution in [0.5, 0.6) is 11.5 Å². The minimum Gasteiger partial charge on any atom is -0.497 e. The molecule has 0 radical (unpaired) electrons. The zero-order valence-electron chi connectivity index (χ0n) is 12.7. The van der Waals surface area contributed by atoms with Gasteiger partial charge in [-0.15, -0.1) is 0 Å². The van der Waals surface area contributed by atoms with Gasteiger partial charge in [0.15, 0.2) is 0 Å². The van der Waals surface area contributed by atoms with E-state index in [1.54, 1.807) is 0 Å². The van der Waals surface area contributed by atoms with Crippen LogP contribution in [0.3, 0.4) is 0 Å². The van der Waals surface area contributed by atoms with Crippen molar-refractivity contribution in [1.82, 2.24) is 4.98 Å². The lowest BCUT2D eigenvalue weighted by Crippen LogP contribution is -2.24. The van der Waals surface area contributed by atoms with Crippen LogP contribution in [0.25, 0.3) is 11.1 Å². The molecule has 24 heavy (non-hydrogen) atoms. The molecule has 126 valence electrons. The maximum Gasteiger partial charge on any atom is 0.342 e. The summed E-state index contributed by atoms with van der Waals surface area (Å²) in [6, 6.07) is 4.31. The molecule has 1 aromatic heterocycles. The molecule has 0 aliphatic carbocycles. The summed E-state index contributed by atoms with van der Waals surface area (Å²) in [6.07, 6.45) is 0. The monoisotopic (exact) mass is 334 g/mol. The molecule has 1 heterocycles. The minimum absolute atomic E-state index is 0.0888. The van der Waals surface area contributed by atoms with Crippen molar-refractivity contribution in [2.45, 2.75) is 0 Å². The van der Waals surface area contributed by atoms with E-state index in [0.29, 0.717) is 5.75 Å². The number of nitrogens with one attached hydrogen (secondary N) is 1. The predicted octanol–water partition coefficient (Wildman–Crippen LogP) is 1.04. The Labute approximate surface area is 135 Å². The van der Waals surface area contributed by atoms with Gasteiger partial charge in [-0.05, 0) is 12.1 Å². The van der Waals surface area contributed by atoms with E-state index in [4.69, 9.17) is 15.2 Å². The van der Waals surface area contributed by atoms with Gasteiger partial charge in [-0.25, -0.2) is 9.59 Å². The Morgan fingerprint density at radius 3 is 2.21 bits per heavy atom. The first-order chi connectivity index (χ1) is 11.3. The number of anilines is 1. The Hall–Kier alpha value is -3.49. The normalized spacial score (nSPS) is 10.2. The molecule has 9 heteroatoms. The SMILES string of the molecule is COc1ccc(-c2c(C(=O)O)c(N)[nH]c(=O)c2C(=O)O)c(OC)c1. The second-order valence-electron chi connectivity index (χ2n) is 4.67. The third-order valence-electron chi connectivity index (χ3n) is 3.35. The molecule has 0 spiro atoms. The summed E-state index contributed by atoms with van der Waals surface area (Å²) in [6.45, 7) is 0. The van der Waals surface area contributed by atoms with E-state index < -0.39 is 34.4 Å². The summed E-state index contributed by atoms with van der Waals surface area (Å²) in [5.41, 5.74) is 3.04. The van der Waals surface area contributed by atoms with Crippen LogP contribution >= 0.6 is 0 Å². The molecule has 9 nitrogen and oxygen atoms in total. The number of hydrogen-bond acceptors (Lipinski definition) is 6. The second kappa shape index (κ2) is 6.32. The zero-order valence-corrected chi connectivity index (χ0v) is 12.7. The first-order valence-electron chi connectivity index (χ1n) is 6.56. The number of nitrogens with two attached hydrogens (primary N) is 1. The molecular formula is C15H14N2O7. The summed E-state index contributed by atoms with van der Waals surface area (Å²) in [4.78, 5) is 37.1. The minimum atomic E-state index is -1.59. The van der Waals surface area contributed by atoms with Crippen molar-refractivity contribution in [3.63, 3.8) is 0 Å². The number of rotatable bonds is 5. The molecule has 0 amide bonds. The summed E-state index contributed by atoms with van der Waals surface area (Å²) in [5.74, 6) is -3.00. The number of ether oxygens (including phenoxy) is 2. The molecule has 1 aromatic carbocycles. The number of carboxylic acid groups (broad SMARTS) is 2. The van der Waals surface area contributed by atoms with Crippen molar-refractivity contribution in [3.8, 4) is 22.6 Å². The van der Waals surface area contributed by atoms with Gasteiger partial charge in [0.1, 0.15) is 28.4 Å². The number of hydrogen-bond donors (Lipinski definition) is 4. The highest BCUT2D eigenvalue weighted by Gasteiger charge is 2.28. The van der Waals surface area contributed by atoms with E-state index in [2.05, 4.69) is 0 Å². The van der Waals surface area contributed by atoms with E-state index in [-0.39, 0.29) is 16.9 Å². The van der Waals surface area contributed by atoms with Crippen LogP contribution in [-0.4, -0.2) is 41.4 Å². The molecular weight excluding hydrogens is 320 g/mol. The summed E-state index contributed by atoms with van der Waals surface area (Å²) >= 11 is 0. The molecule has 2 rings (SSSR count). The Kier molecular flexibility index (Phi) is 4.45. The molecule has 0 fully saturated rings. The number of pyridine rings is 1. The quantitative estimate of drug-likeness (QED) is 0.633. The van der Waals surface area contributed by atoms with Crippen LogP contribution in [0.1, 0.15) is 20.7 Å². The highest BCUT2D eigenvalue weighted by Crippen LogP contribution is 2.37. The first kappa shape index (κ1) is 16.9. The molecule has 0 unspecified atom stereocenters. The van der Waals surface area contributed by atoms with Crippen LogP contribution in [0.4, 0.5) is 5.82 Å². The van der Waals surface area contributed by atoms with E-state index >= 15 is 0 Å². The lowest BCUT2D eigenvalue weighted by molar-refractivity contribution is 0.0695. The van der Waals surface area contributed by atoms with Crippen molar-refractivity contribution in [3.05, 3.63) is 39.7 Å². The summed E-state index contributed by atoms with van der Waals surface area (Å²) in [5, 5.41) is 18.8. The fourth-order valence-corrected chi connectivity index (χ4v) is 2.32. The van der Waals surface area contributed by atoms with Gasteiger partial charge in [0.25, 0.3) is 5.56 Å². The van der Waals surface area contributed by atoms with E-state index in [1.165, 1.54) is 32.4 Å². The Morgan fingerprint density at radius 2 is 1.71 bits per heavy atom. The van der Waals surface area contributed by atoms with Crippen LogP contribution in [-0.2, 0) is 0 Å². The van der Waals surface area contributed by atoms with Crippen LogP contribution < -0.4 is 20.8 Å². The van der Waals surface area contributed by atoms with Gasteiger partial charge in [0.2, 0.25) is 0 Å². The lowest BCUT2D eigenvalue weighted by atomic mass is 9.94. The molecule has 0 bridgehead atoms. The fraction of sp³-hybridized carbons (Fsp3) is 0.133. The van der Waals surface area contributed by atoms with Crippen molar-refractivity contribution in [2.75, 3.05) is 20.0 Å². The standard InChI is InChI=1S/C15H14N2O7/c1-23-6-3-4-7(8(5-6)24-2)9-10(14(19)20)12(16)17-13(18)11(9)15(21)22/h3-5H,1-2H3,(H,19,20)(H,21,22)(H3,16,17,18). The van der Waals surface area contributed by atoms with Gasteiger partial charge in [0, 0.05) is 17.2 Å². The summed E-state index contributed by atoms with van der Waals surface area (Å²) in [7, 11) is 2.74. The third-order valence-corrected chi connectivity index (χ3v) is 3.35. The van der Waals surface area contributed by atoms with E-state index in [0.717, 1.165) is 0 Å². The zero-order chi connectivity index (χ0) is 18.0.